The number of nitrogens with one attached hydrogen (secondary N) is 1. The minimum Gasteiger partial charge on any atom is -0.391 e. The smallest absolute Gasteiger partial charge is 0.220 e. The van der Waals surface area contributed by atoms with E-state index in [1.54, 1.807) is 17.1 Å². The molecule has 4 rings (SSSR count). The van der Waals surface area contributed by atoms with Crippen molar-refractivity contribution in [2.24, 2.45) is 5.92 Å². The Morgan fingerprint density at radius 1 is 1.25 bits per heavy atom. The molecule has 1 aromatic carbocycles. The zero-order valence-electron chi connectivity index (χ0n) is 15.5. The summed E-state index contributed by atoms with van der Waals surface area (Å²) in [6.45, 7) is 0.692. The van der Waals surface area contributed by atoms with Gasteiger partial charge >= 0.3 is 0 Å². The minimum absolute atomic E-state index is 0.0539. The van der Waals surface area contributed by atoms with E-state index in [0.29, 0.717) is 30.8 Å². The average Bonchev–Trinajstić information content (AvgIpc) is 3.25. The molecule has 1 unspecified atom stereocenters. The summed E-state index contributed by atoms with van der Waals surface area (Å²) in [5.41, 5.74) is 1.84. The molecule has 1 amide bonds. The lowest BCUT2D eigenvalue weighted by Crippen LogP contribution is -2.40. The van der Waals surface area contributed by atoms with Gasteiger partial charge in [0.25, 0.3) is 0 Å². The van der Waals surface area contributed by atoms with Crippen molar-refractivity contribution in [2.75, 3.05) is 0 Å². The Labute approximate surface area is 168 Å². The van der Waals surface area contributed by atoms with Gasteiger partial charge < -0.3 is 10.4 Å². The lowest BCUT2D eigenvalue weighted by Gasteiger charge is -2.16. The molecule has 28 heavy (non-hydrogen) atoms. The summed E-state index contributed by atoms with van der Waals surface area (Å²) in [4.78, 5) is 17.0. The molecule has 2 aromatic heterocycles. The molecule has 1 aliphatic carbocycles. The first-order valence-corrected chi connectivity index (χ1v) is 9.94. The second-order valence-electron chi connectivity index (χ2n) is 7.45. The highest BCUT2D eigenvalue weighted by Gasteiger charge is 2.34. The highest BCUT2D eigenvalue weighted by molar-refractivity contribution is 6.30. The number of aryl methyl sites for hydroxylation is 1. The molecular formula is C21H23ClN4O2. The van der Waals surface area contributed by atoms with E-state index in [-0.39, 0.29) is 17.9 Å². The third-order valence-corrected chi connectivity index (χ3v) is 5.48. The van der Waals surface area contributed by atoms with Crippen LogP contribution >= 0.6 is 11.6 Å². The number of fused-ring (bicyclic) bond motifs is 1. The fourth-order valence-electron chi connectivity index (χ4n) is 3.89. The molecule has 2 N–H and O–H groups in total. The Morgan fingerprint density at radius 2 is 2.11 bits per heavy atom. The number of halogens is 1. The zero-order valence-corrected chi connectivity index (χ0v) is 16.2. The molecule has 146 valence electrons. The first kappa shape index (κ1) is 18.9. The van der Waals surface area contributed by atoms with Gasteiger partial charge in [0.05, 0.1) is 28.9 Å². The highest BCUT2D eigenvalue weighted by atomic mass is 35.5. The van der Waals surface area contributed by atoms with Crippen LogP contribution in [-0.2, 0) is 17.8 Å². The standard InChI is InChI=1S/C21H23ClN4O2/c22-16-11-23-26(13-16)12-14-9-19(20(27)10-14)25-21(28)8-7-17-6-5-15-3-1-2-4-18(15)24-17/h1-6,11,13-14,19-20,27H,7-10,12H2,(H,25,28)/t14?,19-,20-/m1/s1. The number of aliphatic hydroxyl groups excluding tert-OH is 1. The largest absolute Gasteiger partial charge is 0.391 e. The summed E-state index contributed by atoms with van der Waals surface area (Å²) < 4.78 is 1.79. The summed E-state index contributed by atoms with van der Waals surface area (Å²) >= 11 is 5.89. The maximum absolute atomic E-state index is 12.4. The number of amides is 1. The van der Waals surface area contributed by atoms with Gasteiger partial charge in [-0.15, -0.1) is 0 Å². The van der Waals surface area contributed by atoms with Crippen molar-refractivity contribution < 1.29 is 9.90 Å². The molecule has 1 fully saturated rings. The molecule has 0 spiro atoms. The van der Waals surface area contributed by atoms with Crippen LogP contribution < -0.4 is 5.32 Å². The van der Waals surface area contributed by atoms with Gasteiger partial charge in [-0.1, -0.05) is 35.9 Å². The van der Waals surface area contributed by atoms with Gasteiger partial charge in [0.15, 0.2) is 0 Å². The topological polar surface area (TPSA) is 80.0 Å². The van der Waals surface area contributed by atoms with Crippen LogP contribution in [0.5, 0.6) is 0 Å². The number of hydrogen-bond acceptors (Lipinski definition) is 4. The van der Waals surface area contributed by atoms with E-state index < -0.39 is 6.10 Å². The van der Waals surface area contributed by atoms with Crippen molar-refractivity contribution in [3.8, 4) is 0 Å². The van der Waals surface area contributed by atoms with Crippen LogP contribution in [0.2, 0.25) is 5.02 Å². The Balaban J connectivity index is 1.28. The van der Waals surface area contributed by atoms with Crippen molar-refractivity contribution in [3.63, 3.8) is 0 Å². The van der Waals surface area contributed by atoms with Gasteiger partial charge in [-0.3, -0.25) is 14.5 Å². The van der Waals surface area contributed by atoms with Gasteiger partial charge in [-0.2, -0.15) is 5.10 Å². The van der Waals surface area contributed by atoms with E-state index in [4.69, 9.17) is 11.6 Å². The van der Waals surface area contributed by atoms with Crippen molar-refractivity contribution in [1.82, 2.24) is 20.1 Å². The van der Waals surface area contributed by atoms with E-state index in [0.717, 1.165) is 23.0 Å². The van der Waals surface area contributed by atoms with Gasteiger partial charge in [0.1, 0.15) is 0 Å². The average molecular weight is 399 g/mol. The molecule has 1 saturated carbocycles. The predicted molar refractivity (Wildman–Crippen MR) is 108 cm³/mol. The number of pyridine rings is 1. The van der Waals surface area contributed by atoms with Gasteiger partial charge in [-0.25, -0.2) is 0 Å². The fraction of sp³-hybridized carbons (Fsp3) is 0.381. The number of hydrogen-bond donors (Lipinski definition) is 2. The van der Waals surface area contributed by atoms with Crippen LogP contribution in [-0.4, -0.2) is 37.9 Å². The summed E-state index contributed by atoms with van der Waals surface area (Å²) in [7, 11) is 0. The summed E-state index contributed by atoms with van der Waals surface area (Å²) in [6.07, 6.45) is 5.16. The maximum atomic E-state index is 12.4. The van der Waals surface area contributed by atoms with Crippen molar-refractivity contribution in [1.29, 1.82) is 0 Å². The van der Waals surface area contributed by atoms with Crippen LogP contribution in [0.25, 0.3) is 10.9 Å². The number of rotatable bonds is 6. The quantitative estimate of drug-likeness (QED) is 0.669. The Bertz CT molecular complexity index is 974. The number of carbonyl (C=O) groups is 1. The van der Waals surface area contributed by atoms with E-state index >= 15 is 0 Å². The Hall–Kier alpha value is -2.44. The first-order chi connectivity index (χ1) is 13.6. The second kappa shape index (κ2) is 8.29. The van der Waals surface area contributed by atoms with Gasteiger partial charge in [-0.05, 0) is 37.3 Å². The number of para-hydroxylation sites is 1. The lowest BCUT2D eigenvalue weighted by molar-refractivity contribution is -0.122. The van der Waals surface area contributed by atoms with Crippen LogP contribution in [0.4, 0.5) is 0 Å². The monoisotopic (exact) mass is 398 g/mol. The Kier molecular flexibility index (Phi) is 5.59. The van der Waals surface area contributed by atoms with Crippen LogP contribution in [0, 0.1) is 5.92 Å². The van der Waals surface area contributed by atoms with Crippen molar-refractivity contribution in [2.45, 2.75) is 44.4 Å². The second-order valence-corrected chi connectivity index (χ2v) is 7.89. The normalized spacial score (nSPS) is 21.9. The SMILES string of the molecule is O=C(CCc1ccc2ccccc2n1)N[C@@H]1CC(Cn2cc(Cl)cn2)C[C@H]1O. The maximum Gasteiger partial charge on any atom is 0.220 e. The number of aromatic nitrogens is 3. The Morgan fingerprint density at radius 3 is 2.93 bits per heavy atom. The number of benzene rings is 1. The molecule has 0 bridgehead atoms. The predicted octanol–water partition coefficient (Wildman–Crippen LogP) is 2.97. The molecule has 7 heteroatoms. The molecule has 1 aliphatic rings. The summed E-state index contributed by atoms with van der Waals surface area (Å²) in [5, 5.41) is 19.2. The molecule has 0 radical (unpaired) electrons. The number of nitrogens with zero attached hydrogens (tertiary/aromatic N) is 3. The molecule has 6 nitrogen and oxygen atoms in total. The van der Waals surface area contributed by atoms with Crippen molar-refractivity contribution in [3.05, 3.63) is 59.5 Å². The highest BCUT2D eigenvalue weighted by Crippen LogP contribution is 2.28. The van der Waals surface area contributed by atoms with E-state index in [1.807, 2.05) is 36.4 Å². The van der Waals surface area contributed by atoms with E-state index in [1.165, 1.54) is 0 Å². The van der Waals surface area contributed by atoms with Gasteiger partial charge in [0.2, 0.25) is 5.91 Å². The minimum atomic E-state index is -0.529. The summed E-state index contributed by atoms with van der Waals surface area (Å²) in [6, 6.07) is 11.7. The molecule has 3 atom stereocenters. The third kappa shape index (κ3) is 4.51. The van der Waals surface area contributed by atoms with Crippen molar-refractivity contribution >= 4 is 28.4 Å². The summed E-state index contributed by atoms with van der Waals surface area (Å²) in [5.74, 6) is 0.209. The molecule has 0 saturated heterocycles. The van der Waals surface area contributed by atoms with Crippen LogP contribution in [0.3, 0.4) is 0 Å². The number of aliphatic hydroxyl groups is 1. The first-order valence-electron chi connectivity index (χ1n) is 9.57. The van der Waals surface area contributed by atoms with Gasteiger partial charge in [0, 0.05) is 30.2 Å². The molecule has 0 aliphatic heterocycles. The number of carbonyl (C=O) groups excluding carboxylic acids is 1. The lowest BCUT2D eigenvalue weighted by atomic mass is 10.1. The molecule has 2 heterocycles. The van der Waals surface area contributed by atoms with Crippen LogP contribution in [0.15, 0.2) is 48.8 Å². The zero-order chi connectivity index (χ0) is 19.5. The fourth-order valence-corrected chi connectivity index (χ4v) is 4.05. The molecular weight excluding hydrogens is 376 g/mol. The molecule has 3 aromatic rings. The van der Waals surface area contributed by atoms with E-state index in [2.05, 4.69) is 15.4 Å². The third-order valence-electron chi connectivity index (χ3n) is 5.28. The van der Waals surface area contributed by atoms with E-state index in [9.17, 15) is 9.90 Å². The van der Waals surface area contributed by atoms with Crippen LogP contribution in [0.1, 0.15) is 25.0 Å².